The van der Waals surface area contributed by atoms with Gasteiger partial charge in [-0.25, -0.2) is 0 Å². The molecule has 0 radical (unpaired) electrons. The van der Waals surface area contributed by atoms with Crippen LogP contribution in [0.5, 0.6) is 0 Å². The van der Waals surface area contributed by atoms with Gasteiger partial charge in [-0.05, 0) is 50.0 Å². The van der Waals surface area contributed by atoms with E-state index < -0.39 is 0 Å². The minimum atomic E-state index is 0.449. The quantitative estimate of drug-likeness (QED) is 0.729. The van der Waals surface area contributed by atoms with Gasteiger partial charge in [-0.15, -0.1) is 0 Å². The molecular weight excluding hydrogens is 170 g/mol. The van der Waals surface area contributed by atoms with E-state index >= 15 is 0 Å². The van der Waals surface area contributed by atoms with Crippen LogP contribution < -0.4 is 5.32 Å². The van der Waals surface area contributed by atoms with E-state index in [9.17, 15) is 0 Å². The van der Waals surface area contributed by atoms with Gasteiger partial charge in [0.2, 0.25) is 0 Å². The van der Waals surface area contributed by atoms with Gasteiger partial charge >= 0.3 is 0 Å². The highest BCUT2D eigenvalue weighted by atomic mass is 15.0. The highest BCUT2D eigenvalue weighted by molar-refractivity contribution is 5.15. The van der Waals surface area contributed by atoms with Crippen LogP contribution in [0.15, 0.2) is 0 Å². The number of rotatable bonds is 3. The zero-order valence-electron chi connectivity index (χ0n) is 10.2. The molecule has 2 aliphatic rings. The van der Waals surface area contributed by atoms with Gasteiger partial charge in [-0.1, -0.05) is 27.2 Å². The number of hydrogen-bond acceptors (Lipinski definition) is 1. The summed E-state index contributed by atoms with van der Waals surface area (Å²) in [7, 11) is 2.18. The van der Waals surface area contributed by atoms with Crippen molar-refractivity contribution >= 4 is 0 Å². The van der Waals surface area contributed by atoms with E-state index in [0.29, 0.717) is 11.0 Å². The molecule has 0 saturated heterocycles. The van der Waals surface area contributed by atoms with Gasteiger partial charge in [-0.2, -0.15) is 0 Å². The number of nitrogens with one attached hydrogen (secondary N) is 1. The summed E-state index contributed by atoms with van der Waals surface area (Å²) in [6.45, 7) is 7.30. The fraction of sp³-hybridized carbons (Fsp3) is 1.00. The molecule has 1 N–H and O–H groups in total. The van der Waals surface area contributed by atoms with Crippen molar-refractivity contribution in [1.29, 1.82) is 0 Å². The zero-order valence-corrected chi connectivity index (χ0v) is 10.2. The molecule has 2 bridgehead atoms. The van der Waals surface area contributed by atoms with E-state index in [-0.39, 0.29) is 0 Å². The monoisotopic (exact) mass is 195 g/mol. The van der Waals surface area contributed by atoms with Crippen LogP contribution in [-0.2, 0) is 0 Å². The van der Waals surface area contributed by atoms with E-state index in [1.807, 2.05) is 0 Å². The molecular formula is C13H25N. The van der Waals surface area contributed by atoms with E-state index in [2.05, 4.69) is 33.1 Å². The molecule has 0 aromatic carbocycles. The van der Waals surface area contributed by atoms with Crippen molar-refractivity contribution in [2.75, 3.05) is 7.05 Å². The lowest BCUT2D eigenvalue weighted by Gasteiger charge is -2.50. The van der Waals surface area contributed by atoms with Crippen LogP contribution >= 0.6 is 0 Å². The molecule has 0 amide bonds. The van der Waals surface area contributed by atoms with E-state index in [0.717, 1.165) is 11.8 Å². The van der Waals surface area contributed by atoms with Gasteiger partial charge < -0.3 is 5.32 Å². The zero-order chi connectivity index (χ0) is 10.4. The summed E-state index contributed by atoms with van der Waals surface area (Å²) in [6.07, 6.45) is 7.10. The van der Waals surface area contributed by atoms with Crippen LogP contribution in [0.1, 0.15) is 52.9 Å². The Hall–Kier alpha value is -0.0400. The van der Waals surface area contributed by atoms with Gasteiger partial charge in [0.05, 0.1) is 0 Å². The topological polar surface area (TPSA) is 12.0 Å². The third-order valence-corrected chi connectivity index (χ3v) is 5.39. The molecule has 1 nitrogen and oxygen atoms in total. The van der Waals surface area contributed by atoms with Crippen LogP contribution in [0.4, 0.5) is 0 Å². The summed E-state index contributed by atoms with van der Waals surface area (Å²) in [4.78, 5) is 0. The largest absolute Gasteiger partial charge is 0.313 e. The Morgan fingerprint density at radius 3 is 2.29 bits per heavy atom. The maximum atomic E-state index is 3.70. The summed E-state index contributed by atoms with van der Waals surface area (Å²) in [5, 5.41) is 3.70. The minimum absolute atomic E-state index is 0.449. The van der Waals surface area contributed by atoms with E-state index in [4.69, 9.17) is 0 Å². The Labute approximate surface area is 88.7 Å². The first kappa shape index (κ1) is 10.5. The van der Waals surface area contributed by atoms with Gasteiger partial charge in [-0.3, -0.25) is 0 Å². The second-order valence-corrected chi connectivity index (χ2v) is 5.90. The first-order valence-corrected chi connectivity index (χ1v) is 6.27. The van der Waals surface area contributed by atoms with E-state index in [1.165, 1.54) is 32.1 Å². The first-order valence-electron chi connectivity index (χ1n) is 6.27. The molecule has 2 rings (SSSR count). The summed E-state index contributed by atoms with van der Waals surface area (Å²) in [5.74, 6) is 1.93. The van der Waals surface area contributed by atoms with Crippen molar-refractivity contribution in [1.82, 2.24) is 5.32 Å². The van der Waals surface area contributed by atoms with E-state index in [1.54, 1.807) is 0 Å². The van der Waals surface area contributed by atoms with Crippen molar-refractivity contribution in [2.45, 2.75) is 58.4 Å². The third kappa shape index (κ3) is 1.05. The summed E-state index contributed by atoms with van der Waals surface area (Å²) in [5.41, 5.74) is 0.964. The number of fused-ring (bicyclic) bond motifs is 2. The van der Waals surface area contributed by atoms with Crippen LogP contribution in [-0.4, -0.2) is 12.6 Å². The Bertz CT molecular complexity index is 221. The molecule has 0 unspecified atom stereocenters. The summed E-state index contributed by atoms with van der Waals surface area (Å²) >= 11 is 0. The fourth-order valence-corrected chi connectivity index (χ4v) is 4.55. The Kier molecular flexibility index (Phi) is 2.42. The smallest absolute Gasteiger partial charge is 0.0260 e. The molecule has 82 valence electrons. The van der Waals surface area contributed by atoms with Crippen molar-refractivity contribution in [2.24, 2.45) is 17.3 Å². The average molecular weight is 195 g/mol. The Morgan fingerprint density at radius 1 is 1.21 bits per heavy atom. The van der Waals surface area contributed by atoms with Crippen molar-refractivity contribution < 1.29 is 0 Å². The second kappa shape index (κ2) is 3.23. The molecule has 0 heterocycles. The SMILES string of the molecule is CCC[C@]1(NC)[C@@H]2CC[C@@H](C2)C1(C)C. The maximum Gasteiger partial charge on any atom is 0.0260 e. The molecule has 2 fully saturated rings. The van der Waals surface area contributed by atoms with Gasteiger partial charge in [0.25, 0.3) is 0 Å². The lowest BCUT2D eigenvalue weighted by molar-refractivity contribution is 0.0487. The van der Waals surface area contributed by atoms with Crippen molar-refractivity contribution in [3.05, 3.63) is 0 Å². The van der Waals surface area contributed by atoms with Gasteiger partial charge in [0, 0.05) is 5.54 Å². The van der Waals surface area contributed by atoms with Gasteiger partial charge in [0.15, 0.2) is 0 Å². The normalized spacial score (nSPS) is 44.6. The molecule has 0 aliphatic heterocycles. The standard InChI is InChI=1S/C13H25N/c1-5-8-13(14-4)11-7-6-10(9-11)12(13,2)3/h10-11,14H,5-9H2,1-4H3/t10-,11+,13-/m0/s1. The lowest BCUT2D eigenvalue weighted by Crippen LogP contribution is -2.58. The highest BCUT2D eigenvalue weighted by Crippen LogP contribution is 2.62. The fourth-order valence-electron chi connectivity index (χ4n) is 4.55. The van der Waals surface area contributed by atoms with Crippen LogP contribution in [0, 0.1) is 17.3 Å². The molecule has 14 heavy (non-hydrogen) atoms. The average Bonchev–Trinajstić information content (AvgIpc) is 2.68. The maximum absolute atomic E-state index is 3.70. The van der Waals surface area contributed by atoms with Crippen LogP contribution in [0.2, 0.25) is 0 Å². The summed E-state index contributed by atoms with van der Waals surface area (Å²) < 4.78 is 0. The minimum Gasteiger partial charge on any atom is -0.313 e. The molecule has 1 heteroatoms. The second-order valence-electron chi connectivity index (χ2n) is 5.90. The van der Waals surface area contributed by atoms with Gasteiger partial charge in [0.1, 0.15) is 0 Å². The molecule has 2 saturated carbocycles. The molecule has 0 aromatic rings. The van der Waals surface area contributed by atoms with Crippen LogP contribution in [0.3, 0.4) is 0 Å². The molecule has 0 spiro atoms. The number of hydrogen-bond donors (Lipinski definition) is 1. The highest BCUT2D eigenvalue weighted by Gasteiger charge is 2.61. The predicted molar refractivity (Wildman–Crippen MR) is 61.3 cm³/mol. The first-order chi connectivity index (χ1) is 6.58. The third-order valence-electron chi connectivity index (χ3n) is 5.39. The Morgan fingerprint density at radius 2 is 1.86 bits per heavy atom. The summed E-state index contributed by atoms with van der Waals surface area (Å²) in [6, 6.07) is 0. The predicted octanol–water partition coefficient (Wildman–Crippen LogP) is 3.20. The van der Waals surface area contributed by atoms with Crippen molar-refractivity contribution in [3.8, 4) is 0 Å². The van der Waals surface area contributed by atoms with Crippen molar-refractivity contribution in [3.63, 3.8) is 0 Å². The van der Waals surface area contributed by atoms with Crippen LogP contribution in [0.25, 0.3) is 0 Å². The molecule has 3 atom stereocenters. The molecule has 2 aliphatic carbocycles. The lowest BCUT2D eigenvalue weighted by atomic mass is 9.61. The Balaban J connectivity index is 2.31. The molecule has 0 aromatic heterocycles.